The maximum Gasteiger partial charge on any atom is 0.241 e. The van der Waals surface area contributed by atoms with Crippen LogP contribution in [0.25, 0.3) is 0 Å². The molecule has 2 aliphatic rings. The Kier molecular flexibility index (Phi) is 6.66. The molecule has 0 aliphatic carbocycles. The first kappa shape index (κ1) is 18.9. The fraction of sp³-hybridized carbons (Fsp3) is 0.550. The molecule has 6 nitrogen and oxygen atoms in total. The molecule has 0 spiro atoms. The van der Waals surface area contributed by atoms with Crippen molar-refractivity contribution in [3.63, 3.8) is 0 Å². The van der Waals surface area contributed by atoms with E-state index in [0.717, 1.165) is 50.3 Å². The molecule has 1 aromatic rings. The molecule has 2 atom stereocenters. The average molecular weight is 359 g/mol. The number of hydrogen-bond acceptors (Lipinski definition) is 5. The van der Waals surface area contributed by atoms with Gasteiger partial charge in [-0.2, -0.15) is 0 Å². The van der Waals surface area contributed by atoms with E-state index in [4.69, 9.17) is 9.47 Å². The first-order valence-corrected chi connectivity index (χ1v) is 9.33. The van der Waals surface area contributed by atoms with E-state index in [0.29, 0.717) is 12.5 Å². The quantitative estimate of drug-likeness (QED) is 0.576. The number of hydrogen-bond donors (Lipinski definition) is 2. The van der Waals surface area contributed by atoms with Gasteiger partial charge in [-0.25, -0.2) is 10.9 Å². The molecule has 3 rings (SSSR count). The summed E-state index contributed by atoms with van der Waals surface area (Å²) in [7, 11) is 1.66. The van der Waals surface area contributed by atoms with Crippen LogP contribution in [-0.2, 0) is 9.53 Å². The number of likely N-dealkylation sites (tertiary alicyclic amines) is 1. The number of piperidine rings is 1. The Balaban J connectivity index is 1.48. The van der Waals surface area contributed by atoms with Crippen LogP contribution in [0.4, 0.5) is 0 Å². The van der Waals surface area contributed by atoms with E-state index >= 15 is 0 Å². The van der Waals surface area contributed by atoms with Crippen molar-refractivity contribution < 1.29 is 14.3 Å². The summed E-state index contributed by atoms with van der Waals surface area (Å²) >= 11 is 0. The summed E-state index contributed by atoms with van der Waals surface area (Å²) in [5.74, 6) is 1.56. The number of amides is 1. The number of rotatable bonds is 7. The Bertz CT molecular complexity index is 614. The SMILES string of the molecule is C=CCOCC1CCN(C(=O)C2CC(c3cccc(OC)c3)NN2)CC1. The number of hydrazine groups is 1. The Morgan fingerprint density at radius 2 is 2.15 bits per heavy atom. The zero-order valence-electron chi connectivity index (χ0n) is 15.4. The van der Waals surface area contributed by atoms with Crippen LogP contribution in [0.15, 0.2) is 36.9 Å². The number of carbonyl (C=O) groups excluding carboxylic acids is 1. The Labute approximate surface area is 155 Å². The molecule has 2 heterocycles. The van der Waals surface area contributed by atoms with E-state index in [9.17, 15) is 4.79 Å². The van der Waals surface area contributed by atoms with Crippen LogP contribution < -0.4 is 15.6 Å². The van der Waals surface area contributed by atoms with Gasteiger partial charge in [-0.15, -0.1) is 6.58 Å². The van der Waals surface area contributed by atoms with Gasteiger partial charge in [0.1, 0.15) is 11.8 Å². The largest absolute Gasteiger partial charge is 0.497 e. The van der Waals surface area contributed by atoms with Crippen LogP contribution in [0.1, 0.15) is 30.9 Å². The predicted molar refractivity (Wildman–Crippen MR) is 101 cm³/mol. The fourth-order valence-electron chi connectivity index (χ4n) is 3.65. The minimum absolute atomic E-state index is 0.115. The molecule has 1 amide bonds. The van der Waals surface area contributed by atoms with E-state index in [1.54, 1.807) is 13.2 Å². The number of ether oxygens (including phenoxy) is 2. The molecule has 2 N–H and O–H groups in total. The number of carbonyl (C=O) groups is 1. The molecule has 2 saturated heterocycles. The van der Waals surface area contributed by atoms with Gasteiger partial charge in [-0.05, 0) is 42.9 Å². The minimum atomic E-state index is -0.181. The van der Waals surface area contributed by atoms with Crippen molar-refractivity contribution in [1.29, 1.82) is 0 Å². The summed E-state index contributed by atoms with van der Waals surface area (Å²) in [4.78, 5) is 14.8. The van der Waals surface area contributed by atoms with Crippen LogP contribution in [-0.4, -0.2) is 50.3 Å². The highest BCUT2D eigenvalue weighted by atomic mass is 16.5. The summed E-state index contributed by atoms with van der Waals surface area (Å²) in [6.07, 6.45) is 4.52. The normalized spacial score (nSPS) is 23.8. The lowest BCUT2D eigenvalue weighted by atomic mass is 9.96. The summed E-state index contributed by atoms with van der Waals surface area (Å²) in [5.41, 5.74) is 7.56. The van der Waals surface area contributed by atoms with Crippen molar-refractivity contribution in [1.82, 2.24) is 15.8 Å². The van der Waals surface area contributed by atoms with E-state index in [1.165, 1.54) is 0 Å². The van der Waals surface area contributed by atoms with Crippen LogP contribution in [0.5, 0.6) is 5.75 Å². The molecule has 0 bridgehead atoms. The van der Waals surface area contributed by atoms with E-state index in [-0.39, 0.29) is 18.0 Å². The van der Waals surface area contributed by atoms with Gasteiger partial charge in [0.2, 0.25) is 5.91 Å². The van der Waals surface area contributed by atoms with Gasteiger partial charge in [-0.1, -0.05) is 18.2 Å². The summed E-state index contributed by atoms with van der Waals surface area (Å²) < 4.78 is 10.8. The molecule has 0 aromatic heterocycles. The summed E-state index contributed by atoms with van der Waals surface area (Å²) in [6.45, 7) is 6.64. The zero-order valence-corrected chi connectivity index (χ0v) is 15.4. The number of nitrogens with zero attached hydrogens (tertiary/aromatic N) is 1. The molecule has 2 unspecified atom stereocenters. The van der Waals surface area contributed by atoms with Gasteiger partial charge in [0.15, 0.2) is 0 Å². The monoisotopic (exact) mass is 359 g/mol. The van der Waals surface area contributed by atoms with Crippen molar-refractivity contribution in [3.8, 4) is 5.75 Å². The molecule has 6 heteroatoms. The van der Waals surface area contributed by atoms with Crippen molar-refractivity contribution in [2.75, 3.05) is 33.4 Å². The second-order valence-electron chi connectivity index (χ2n) is 7.00. The zero-order chi connectivity index (χ0) is 18.4. The van der Waals surface area contributed by atoms with Crippen LogP contribution in [0.3, 0.4) is 0 Å². The van der Waals surface area contributed by atoms with Gasteiger partial charge < -0.3 is 14.4 Å². The van der Waals surface area contributed by atoms with E-state index in [2.05, 4.69) is 23.5 Å². The second-order valence-corrected chi connectivity index (χ2v) is 7.00. The third-order valence-corrected chi connectivity index (χ3v) is 5.21. The van der Waals surface area contributed by atoms with Crippen LogP contribution >= 0.6 is 0 Å². The van der Waals surface area contributed by atoms with Gasteiger partial charge in [0.05, 0.1) is 13.7 Å². The molecule has 1 aromatic carbocycles. The van der Waals surface area contributed by atoms with Gasteiger partial charge in [0, 0.05) is 25.7 Å². The van der Waals surface area contributed by atoms with Gasteiger partial charge >= 0.3 is 0 Å². The Morgan fingerprint density at radius 3 is 2.88 bits per heavy atom. The van der Waals surface area contributed by atoms with Crippen molar-refractivity contribution in [2.45, 2.75) is 31.3 Å². The molecule has 2 fully saturated rings. The predicted octanol–water partition coefficient (Wildman–Crippen LogP) is 2.04. The highest BCUT2D eigenvalue weighted by Crippen LogP contribution is 2.27. The third-order valence-electron chi connectivity index (χ3n) is 5.21. The molecular weight excluding hydrogens is 330 g/mol. The maximum atomic E-state index is 12.8. The standard InChI is InChI=1S/C20H29N3O3/c1-3-11-26-14-15-7-9-23(10-8-15)20(24)19-13-18(21-22-19)16-5-4-6-17(12-16)25-2/h3-6,12,15,18-19,21-22H,1,7-11,13-14H2,2H3. The Hall–Kier alpha value is -1.89. The highest BCUT2D eigenvalue weighted by Gasteiger charge is 2.34. The molecular formula is C20H29N3O3. The number of methoxy groups -OCH3 is 1. The van der Waals surface area contributed by atoms with Crippen LogP contribution in [0, 0.1) is 5.92 Å². The van der Waals surface area contributed by atoms with E-state index in [1.807, 2.05) is 23.1 Å². The second kappa shape index (κ2) is 9.16. The Morgan fingerprint density at radius 1 is 1.35 bits per heavy atom. The minimum Gasteiger partial charge on any atom is -0.497 e. The van der Waals surface area contributed by atoms with Gasteiger partial charge in [-0.3, -0.25) is 4.79 Å². The van der Waals surface area contributed by atoms with Crippen molar-refractivity contribution in [2.24, 2.45) is 5.92 Å². The third kappa shape index (κ3) is 4.63. The van der Waals surface area contributed by atoms with Gasteiger partial charge in [0.25, 0.3) is 0 Å². The smallest absolute Gasteiger partial charge is 0.241 e. The first-order chi connectivity index (χ1) is 12.7. The van der Waals surface area contributed by atoms with Crippen molar-refractivity contribution >= 4 is 5.91 Å². The topological polar surface area (TPSA) is 62.8 Å². The average Bonchev–Trinajstić information content (AvgIpc) is 3.18. The highest BCUT2D eigenvalue weighted by molar-refractivity contribution is 5.82. The molecule has 0 radical (unpaired) electrons. The molecule has 2 aliphatic heterocycles. The molecule has 142 valence electrons. The lowest BCUT2D eigenvalue weighted by Crippen LogP contribution is -2.48. The lowest BCUT2D eigenvalue weighted by molar-refractivity contribution is -0.134. The maximum absolute atomic E-state index is 12.8. The molecule has 0 saturated carbocycles. The summed E-state index contributed by atoms with van der Waals surface area (Å²) in [5, 5.41) is 0. The van der Waals surface area contributed by atoms with Crippen molar-refractivity contribution in [3.05, 3.63) is 42.5 Å². The van der Waals surface area contributed by atoms with E-state index < -0.39 is 0 Å². The van der Waals surface area contributed by atoms with Crippen LogP contribution in [0.2, 0.25) is 0 Å². The fourth-order valence-corrected chi connectivity index (χ4v) is 3.65. The molecule has 26 heavy (non-hydrogen) atoms. The number of benzene rings is 1. The first-order valence-electron chi connectivity index (χ1n) is 9.33. The number of nitrogens with one attached hydrogen (secondary N) is 2. The lowest BCUT2D eigenvalue weighted by Gasteiger charge is -2.33. The summed E-state index contributed by atoms with van der Waals surface area (Å²) in [6, 6.07) is 7.91.